The number of carbonyl (C=O) groups excluding carboxylic acids is 1. The van der Waals surface area contributed by atoms with E-state index >= 15 is 0 Å². The number of allylic oxidation sites excluding steroid dienone is 2. The van der Waals surface area contributed by atoms with Crippen LogP contribution in [0, 0.1) is 0 Å². The van der Waals surface area contributed by atoms with Crippen molar-refractivity contribution in [3.63, 3.8) is 0 Å². The molecule has 0 heterocycles. The van der Waals surface area contributed by atoms with Gasteiger partial charge in [-0.2, -0.15) is 0 Å². The number of nitrogens with one attached hydrogen (secondary N) is 1. The second kappa shape index (κ2) is 63.6. The van der Waals surface area contributed by atoms with E-state index < -0.39 is 18.2 Å². The molecule has 0 saturated carbocycles. The van der Waals surface area contributed by atoms with Gasteiger partial charge in [0.05, 0.1) is 18.8 Å². The number of carbonyl (C=O) groups is 1. The summed E-state index contributed by atoms with van der Waals surface area (Å²) < 4.78 is 0. The lowest BCUT2D eigenvalue weighted by Gasteiger charge is -2.26. The first-order valence-corrected chi connectivity index (χ1v) is 34.0. The SMILES string of the molecule is CCCCCCCCCCCCCCCC/C=C\CCCCCCCCCCCCCCCCCCCC(=O)NC(CO)C(O)C(O)CCCCCCCCCCCCCCCCCCCCCCCCCC. The molecule has 0 spiro atoms. The quantitative estimate of drug-likeness (QED) is 0.0361. The van der Waals surface area contributed by atoms with Crippen LogP contribution in [-0.4, -0.2) is 46.1 Å². The highest BCUT2D eigenvalue weighted by molar-refractivity contribution is 5.76. The van der Waals surface area contributed by atoms with E-state index in [-0.39, 0.29) is 12.5 Å². The fourth-order valence-electron chi connectivity index (χ4n) is 11.2. The summed E-state index contributed by atoms with van der Waals surface area (Å²) in [6.45, 7) is 4.24. The molecule has 0 aliphatic carbocycles. The maximum absolute atomic E-state index is 12.6. The Morgan fingerprint density at radius 3 is 0.795 bits per heavy atom. The maximum Gasteiger partial charge on any atom is 0.220 e. The molecule has 0 aromatic heterocycles. The van der Waals surface area contributed by atoms with Crippen molar-refractivity contribution in [3.8, 4) is 0 Å². The van der Waals surface area contributed by atoms with Crippen molar-refractivity contribution in [2.24, 2.45) is 0 Å². The molecule has 0 aromatic carbocycles. The average Bonchev–Trinajstić information content (AvgIpc) is 3.40. The summed E-state index contributed by atoms with van der Waals surface area (Å²) in [5.41, 5.74) is 0. The van der Waals surface area contributed by atoms with Crippen LogP contribution in [0.5, 0.6) is 0 Å². The second-order valence-corrected chi connectivity index (χ2v) is 23.7. The van der Waals surface area contributed by atoms with Crippen molar-refractivity contribution in [1.29, 1.82) is 0 Å². The van der Waals surface area contributed by atoms with Gasteiger partial charge in [-0.25, -0.2) is 0 Å². The highest BCUT2D eigenvalue weighted by Gasteiger charge is 2.26. The van der Waals surface area contributed by atoms with E-state index in [1.807, 2.05) is 0 Å². The predicted molar refractivity (Wildman–Crippen MR) is 324 cm³/mol. The molecule has 3 unspecified atom stereocenters. The third kappa shape index (κ3) is 58.6. The van der Waals surface area contributed by atoms with Gasteiger partial charge in [0.25, 0.3) is 0 Å². The van der Waals surface area contributed by atoms with Crippen molar-refractivity contribution < 1.29 is 20.1 Å². The number of aliphatic hydroxyl groups is 3. The summed E-state index contributed by atoms with van der Waals surface area (Å²) in [7, 11) is 0. The molecule has 4 N–H and O–H groups in total. The Bertz CT molecular complexity index is 1050. The van der Waals surface area contributed by atoms with Gasteiger partial charge in [0, 0.05) is 6.42 Å². The topological polar surface area (TPSA) is 89.8 Å². The Balaban J connectivity index is 3.45. The van der Waals surface area contributed by atoms with Gasteiger partial charge in [-0.05, 0) is 38.5 Å². The number of unbranched alkanes of at least 4 members (excludes halogenated alkanes) is 54. The van der Waals surface area contributed by atoms with Crippen molar-refractivity contribution in [3.05, 3.63) is 12.2 Å². The van der Waals surface area contributed by atoms with Crippen LogP contribution in [0.15, 0.2) is 12.2 Å². The van der Waals surface area contributed by atoms with E-state index in [2.05, 4.69) is 31.3 Å². The summed E-state index contributed by atoms with van der Waals surface area (Å²) in [5.74, 6) is -0.135. The fraction of sp³-hybridized carbons (Fsp3) is 0.956. The molecule has 0 radical (unpaired) electrons. The molecule has 0 aliphatic heterocycles. The normalized spacial score (nSPS) is 13.1. The molecule has 0 aliphatic rings. The molecule has 0 aromatic rings. The molecule has 3 atom stereocenters. The Kier molecular flexibility index (Phi) is 62.8. The zero-order valence-electron chi connectivity index (χ0n) is 50.1. The van der Waals surface area contributed by atoms with Crippen molar-refractivity contribution in [1.82, 2.24) is 5.32 Å². The minimum atomic E-state index is -1.13. The smallest absolute Gasteiger partial charge is 0.220 e. The number of hydrogen-bond donors (Lipinski definition) is 4. The zero-order valence-corrected chi connectivity index (χ0v) is 50.1. The van der Waals surface area contributed by atoms with Gasteiger partial charge in [-0.3, -0.25) is 4.79 Å². The number of hydrogen-bond acceptors (Lipinski definition) is 4. The molecule has 0 fully saturated rings. The first kappa shape index (κ1) is 72.1. The third-order valence-corrected chi connectivity index (χ3v) is 16.4. The standard InChI is InChI=1S/C68H135NO4/c1-3-5-7-9-11-13-15-17-19-21-23-25-27-29-30-31-32-33-34-35-36-37-38-39-41-43-45-47-49-51-53-55-57-59-61-63-67(72)69-65(64-70)68(73)66(71)62-60-58-56-54-52-50-48-46-44-42-40-28-26-24-22-20-18-16-14-12-10-8-6-4-2/h31-32,65-66,68,70-71,73H,3-30,33-64H2,1-2H3,(H,69,72)/b32-31-. The summed E-state index contributed by atoms with van der Waals surface area (Å²) >= 11 is 0. The Hall–Kier alpha value is -0.910. The van der Waals surface area contributed by atoms with Crippen LogP contribution in [0.3, 0.4) is 0 Å². The van der Waals surface area contributed by atoms with E-state index in [0.717, 1.165) is 32.1 Å². The minimum Gasteiger partial charge on any atom is -0.394 e. The van der Waals surface area contributed by atoms with E-state index in [9.17, 15) is 20.1 Å². The maximum atomic E-state index is 12.6. The molecular weight excluding hydrogens is 895 g/mol. The number of rotatable bonds is 64. The van der Waals surface area contributed by atoms with Gasteiger partial charge in [-0.15, -0.1) is 0 Å². The van der Waals surface area contributed by atoms with Gasteiger partial charge >= 0.3 is 0 Å². The van der Waals surface area contributed by atoms with Crippen molar-refractivity contribution >= 4 is 5.91 Å². The largest absolute Gasteiger partial charge is 0.394 e. The molecular formula is C68H135NO4. The van der Waals surface area contributed by atoms with Crippen LogP contribution in [0.1, 0.15) is 393 Å². The molecule has 1 amide bonds. The number of amides is 1. The van der Waals surface area contributed by atoms with E-state index in [4.69, 9.17) is 0 Å². The van der Waals surface area contributed by atoms with Gasteiger partial charge < -0.3 is 20.6 Å². The van der Waals surface area contributed by atoms with E-state index in [1.165, 1.54) is 334 Å². The van der Waals surface area contributed by atoms with Gasteiger partial charge in [0.15, 0.2) is 0 Å². The molecule has 0 saturated heterocycles. The third-order valence-electron chi connectivity index (χ3n) is 16.4. The van der Waals surface area contributed by atoms with Crippen molar-refractivity contribution in [2.75, 3.05) is 6.61 Å². The van der Waals surface area contributed by atoms with Gasteiger partial charge in [0.1, 0.15) is 6.10 Å². The van der Waals surface area contributed by atoms with Gasteiger partial charge in [0.2, 0.25) is 5.91 Å². The molecule has 5 nitrogen and oxygen atoms in total. The van der Waals surface area contributed by atoms with Crippen molar-refractivity contribution in [2.45, 2.75) is 411 Å². The minimum absolute atomic E-state index is 0.135. The van der Waals surface area contributed by atoms with Gasteiger partial charge in [-0.1, -0.05) is 360 Å². The Morgan fingerprint density at radius 1 is 0.329 bits per heavy atom. The Labute approximate surface area is 459 Å². The lowest BCUT2D eigenvalue weighted by molar-refractivity contribution is -0.124. The molecule has 0 rings (SSSR count). The van der Waals surface area contributed by atoms with Crippen LogP contribution in [-0.2, 0) is 4.79 Å². The second-order valence-electron chi connectivity index (χ2n) is 23.7. The lowest BCUT2D eigenvalue weighted by atomic mass is 9.99. The first-order chi connectivity index (χ1) is 36.1. The predicted octanol–water partition coefficient (Wildman–Crippen LogP) is 21.8. The first-order valence-electron chi connectivity index (χ1n) is 34.0. The molecule has 5 heteroatoms. The zero-order chi connectivity index (χ0) is 52.9. The molecule has 73 heavy (non-hydrogen) atoms. The number of aliphatic hydroxyl groups excluding tert-OH is 3. The van der Waals surface area contributed by atoms with Crippen LogP contribution < -0.4 is 5.32 Å². The van der Waals surface area contributed by atoms with E-state index in [1.54, 1.807) is 0 Å². The lowest BCUT2D eigenvalue weighted by Crippen LogP contribution is -2.50. The van der Waals surface area contributed by atoms with Crippen LogP contribution in [0.4, 0.5) is 0 Å². The summed E-state index contributed by atoms with van der Waals surface area (Å²) in [4.78, 5) is 12.6. The van der Waals surface area contributed by atoms with E-state index in [0.29, 0.717) is 12.8 Å². The Morgan fingerprint density at radius 2 is 0.548 bits per heavy atom. The van der Waals surface area contributed by atoms with Crippen LogP contribution in [0.2, 0.25) is 0 Å². The summed E-state index contributed by atoms with van der Waals surface area (Å²) in [5, 5.41) is 33.9. The monoisotopic (exact) mass is 1030 g/mol. The summed E-state index contributed by atoms with van der Waals surface area (Å²) in [6, 6.07) is -0.807. The average molecular weight is 1030 g/mol. The highest BCUT2D eigenvalue weighted by atomic mass is 16.3. The highest BCUT2D eigenvalue weighted by Crippen LogP contribution is 2.19. The summed E-state index contributed by atoms with van der Waals surface area (Å²) in [6.07, 6.45) is 81.4. The molecule has 436 valence electrons. The fourth-order valence-corrected chi connectivity index (χ4v) is 11.2. The molecule has 0 bridgehead atoms. The van der Waals surface area contributed by atoms with Crippen LogP contribution >= 0.6 is 0 Å². The van der Waals surface area contributed by atoms with Crippen LogP contribution in [0.25, 0.3) is 0 Å².